The highest BCUT2D eigenvalue weighted by atomic mass is 16.5. The van der Waals surface area contributed by atoms with Crippen LogP contribution in [0, 0.1) is 6.92 Å². The summed E-state index contributed by atoms with van der Waals surface area (Å²) in [5.41, 5.74) is 0. The quantitative estimate of drug-likeness (QED) is 0.815. The average molecular weight is 238 g/mol. The first kappa shape index (κ1) is 13.7. The van der Waals surface area contributed by atoms with Gasteiger partial charge in [-0.15, -0.1) is 0 Å². The zero-order valence-corrected chi connectivity index (χ0v) is 11.3. The minimum absolute atomic E-state index is 0.372. The average Bonchev–Trinajstić information content (AvgIpc) is 2.25. The second kappa shape index (κ2) is 6.39. The molecule has 1 aromatic heterocycles. The molecule has 0 spiro atoms. The number of anilines is 1. The van der Waals surface area contributed by atoms with E-state index in [2.05, 4.69) is 41.2 Å². The highest BCUT2D eigenvalue weighted by Gasteiger charge is 2.06. The van der Waals surface area contributed by atoms with E-state index >= 15 is 0 Å². The Kier molecular flexibility index (Phi) is 5.15. The van der Waals surface area contributed by atoms with Gasteiger partial charge in [0.1, 0.15) is 11.6 Å². The summed E-state index contributed by atoms with van der Waals surface area (Å²) in [5, 5.41) is 3.36. The van der Waals surface area contributed by atoms with Crippen molar-refractivity contribution in [2.45, 2.75) is 26.3 Å². The van der Waals surface area contributed by atoms with Crippen molar-refractivity contribution in [3.8, 4) is 5.88 Å². The van der Waals surface area contributed by atoms with Crippen LogP contribution < -0.4 is 10.1 Å². The molecule has 17 heavy (non-hydrogen) atoms. The van der Waals surface area contributed by atoms with Crippen molar-refractivity contribution in [3.63, 3.8) is 0 Å². The normalized spacial score (nSPS) is 12.6. The van der Waals surface area contributed by atoms with Crippen molar-refractivity contribution in [1.82, 2.24) is 14.9 Å². The summed E-state index contributed by atoms with van der Waals surface area (Å²) in [6, 6.07) is 2.19. The minimum atomic E-state index is 0.372. The van der Waals surface area contributed by atoms with Gasteiger partial charge in [-0.1, -0.05) is 0 Å². The molecule has 96 valence electrons. The number of nitrogens with zero attached hydrogens (tertiary/aromatic N) is 3. The molecule has 0 aliphatic carbocycles. The lowest BCUT2D eigenvalue weighted by Crippen LogP contribution is -2.23. The highest BCUT2D eigenvalue weighted by Crippen LogP contribution is 2.14. The van der Waals surface area contributed by atoms with Crippen LogP contribution in [0.15, 0.2) is 6.07 Å². The van der Waals surface area contributed by atoms with Crippen LogP contribution in [-0.2, 0) is 0 Å². The van der Waals surface area contributed by atoms with Gasteiger partial charge in [0.2, 0.25) is 5.88 Å². The van der Waals surface area contributed by atoms with Gasteiger partial charge in [-0.05, 0) is 40.9 Å². The summed E-state index contributed by atoms with van der Waals surface area (Å²) in [5.74, 6) is 2.13. The molecule has 0 radical (unpaired) electrons. The zero-order valence-electron chi connectivity index (χ0n) is 11.3. The standard InChI is InChI=1S/C12H22N4O/c1-9(6-7-16(3)4)13-11-8-12(17-5)15-10(2)14-11/h8-9H,6-7H2,1-5H3,(H,13,14,15). The lowest BCUT2D eigenvalue weighted by Gasteiger charge is -2.17. The number of aromatic nitrogens is 2. The third-order valence-corrected chi connectivity index (χ3v) is 2.43. The first-order valence-corrected chi connectivity index (χ1v) is 5.82. The van der Waals surface area contributed by atoms with Gasteiger partial charge >= 0.3 is 0 Å². The molecule has 0 aliphatic rings. The van der Waals surface area contributed by atoms with Gasteiger partial charge < -0.3 is 15.0 Å². The molecule has 0 fully saturated rings. The Hall–Kier alpha value is -1.36. The molecular weight excluding hydrogens is 216 g/mol. The van der Waals surface area contributed by atoms with Crippen molar-refractivity contribution in [1.29, 1.82) is 0 Å². The van der Waals surface area contributed by atoms with Gasteiger partial charge in [0.15, 0.2) is 0 Å². The number of hydrogen-bond acceptors (Lipinski definition) is 5. The van der Waals surface area contributed by atoms with Crippen LogP contribution in [-0.4, -0.2) is 48.7 Å². The van der Waals surface area contributed by atoms with Gasteiger partial charge in [-0.25, -0.2) is 4.98 Å². The molecular formula is C12H22N4O. The maximum atomic E-state index is 5.12. The maximum Gasteiger partial charge on any atom is 0.218 e. The largest absolute Gasteiger partial charge is 0.481 e. The predicted octanol–water partition coefficient (Wildman–Crippen LogP) is 1.55. The van der Waals surface area contributed by atoms with E-state index in [1.54, 1.807) is 7.11 Å². The zero-order chi connectivity index (χ0) is 12.8. The summed E-state index contributed by atoms with van der Waals surface area (Å²) < 4.78 is 5.12. The van der Waals surface area contributed by atoms with Crippen LogP contribution in [0.2, 0.25) is 0 Å². The van der Waals surface area contributed by atoms with Crippen molar-refractivity contribution in [2.75, 3.05) is 33.1 Å². The molecule has 0 aromatic carbocycles. The molecule has 0 bridgehead atoms. The molecule has 0 amide bonds. The summed E-state index contributed by atoms with van der Waals surface area (Å²) in [6.45, 7) is 5.06. The predicted molar refractivity (Wildman–Crippen MR) is 69.6 cm³/mol. The fraction of sp³-hybridized carbons (Fsp3) is 0.667. The molecule has 0 saturated carbocycles. The first-order chi connectivity index (χ1) is 8.01. The number of nitrogens with one attached hydrogen (secondary N) is 1. The molecule has 0 saturated heterocycles. The van der Waals surface area contributed by atoms with E-state index in [0.717, 1.165) is 18.8 Å². The van der Waals surface area contributed by atoms with Gasteiger partial charge in [0.05, 0.1) is 7.11 Å². The van der Waals surface area contributed by atoms with Gasteiger partial charge in [-0.2, -0.15) is 4.98 Å². The Balaban J connectivity index is 2.58. The fourth-order valence-electron chi connectivity index (χ4n) is 1.50. The van der Waals surface area contributed by atoms with E-state index in [-0.39, 0.29) is 0 Å². The van der Waals surface area contributed by atoms with Crippen LogP contribution >= 0.6 is 0 Å². The Labute approximate surface area is 103 Å². The Morgan fingerprint density at radius 1 is 1.41 bits per heavy atom. The smallest absolute Gasteiger partial charge is 0.218 e. The molecule has 5 heteroatoms. The van der Waals surface area contributed by atoms with Crippen LogP contribution in [0.3, 0.4) is 0 Å². The van der Waals surface area contributed by atoms with Crippen LogP contribution in [0.4, 0.5) is 5.82 Å². The number of aryl methyl sites for hydroxylation is 1. The van der Waals surface area contributed by atoms with Crippen LogP contribution in [0.5, 0.6) is 5.88 Å². The Bertz CT molecular complexity index is 354. The monoisotopic (exact) mass is 238 g/mol. The molecule has 0 aliphatic heterocycles. The molecule has 5 nitrogen and oxygen atoms in total. The topological polar surface area (TPSA) is 50.3 Å². The molecule has 1 atom stereocenters. The van der Waals surface area contributed by atoms with Crippen molar-refractivity contribution < 1.29 is 4.74 Å². The van der Waals surface area contributed by atoms with Gasteiger partial charge in [0.25, 0.3) is 0 Å². The van der Waals surface area contributed by atoms with E-state index in [4.69, 9.17) is 4.74 Å². The molecule has 1 unspecified atom stereocenters. The van der Waals surface area contributed by atoms with Crippen molar-refractivity contribution in [2.24, 2.45) is 0 Å². The van der Waals surface area contributed by atoms with E-state index in [1.165, 1.54) is 0 Å². The van der Waals surface area contributed by atoms with Crippen LogP contribution in [0.1, 0.15) is 19.2 Å². The number of hydrogen-bond donors (Lipinski definition) is 1. The van der Waals surface area contributed by atoms with Crippen molar-refractivity contribution in [3.05, 3.63) is 11.9 Å². The van der Waals surface area contributed by atoms with E-state index in [0.29, 0.717) is 17.7 Å². The summed E-state index contributed by atoms with van der Waals surface area (Å²) >= 11 is 0. The van der Waals surface area contributed by atoms with E-state index in [1.807, 2.05) is 13.0 Å². The van der Waals surface area contributed by atoms with E-state index in [9.17, 15) is 0 Å². The molecule has 1 N–H and O–H groups in total. The lowest BCUT2D eigenvalue weighted by molar-refractivity contribution is 0.389. The molecule has 1 heterocycles. The summed E-state index contributed by atoms with van der Waals surface area (Å²) in [4.78, 5) is 10.7. The lowest BCUT2D eigenvalue weighted by atomic mass is 10.2. The van der Waals surface area contributed by atoms with Gasteiger partial charge in [-0.3, -0.25) is 0 Å². The molecule has 1 rings (SSSR count). The third-order valence-electron chi connectivity index (χ3n) is 2.43. The maximum absolute atomic E-state index is 5.12. The SMILES string of the molecule is COc1cc(NC(C)CCN(C)C)nc(C)n1. The second-order valence-electron chi connectivity index (χ2n) is 4.48. The summed E-state index contributed by atoms with van der Waals surface area (Å²) in [6.07, 6.45) is 1.07. The number of ether oxygens (including phenoxy) is 1. The Morgan fingerprint density at radius 2 is 2.12 bits per heavy atom. The van der Waals surface area contributed by atoms with E-state index < -0.39 is 0 Å². The number of methoxy groups -OCH3 is 1. The summed E-state index contributed by atoms with van der Waals surface area (Å²) in [7, 11) is 5.76. The van der Waals surface area contributed by atoms with Crippen molar-refractivity contribution >= 4 is 5.82 Å². The first-order valence-electron chi connectivity index (χ1n) is 5.82. The van der Waals surface area contributed by atoms with Crippen LogP contribution in [0.25, 0.3) is 0 Å². The fourth-order valence-corrected chi connectivity index (χ4v) is 1.50. The highest BCUT2D eigenvalue weighted by molar-refractivity contribution is 5.39. The Morgan fingerprint density at radius 3 is 2.71 bits per heavy atom. The molecule has 1 aromatic rings. The second-order valence-corrected chi connectivity index (χ2v) is 4.48. The number of rotatable bonds is 6. The minimum Gasteiger partial charge on any atom is -0.481 e. The third kappa shape index (κ3) is 4.99. The van der Waals surface area contributed by atoms with Gasteiger partial charge in [0, 0.05) is 12.1 Å².